The third kappa shape index (κ3) is 5.04. The Labute approximate surface area is 166 Å². The summed E-state index contributed by atoms with van der Waals surface area (Å²) in [4.78, 5) is 15.4. The molecule has 0 radical (unpaired) electrons. The molecule has 0 bridgehead atoms. The highest BCUT2D eigenvalue weighted by Crippen LogP contribution is 2.30. The molecule has 0 atom stereocenters. The van der Waals surface area contributed by atoms with Gasteiger partial charge in [-0.25, -0.2) is 0 Å². The molecule has 2 aromatic carbocycles. The number of benzene rings is 2. The van der Waals surface area contributed by atoms with Crippen LogP contribution in [0.3, 0.4) is 0 Å². The number of carbonyl (C=O) groups is 1. The van der Waals surface area contributed by atoms with E-state index < -0.39 is 17.7 Å². The fourth-order valence-corrected chi connectivity index (χ4v) is 3.09. The number of hydrogen-bond acceptors (Lipinski definition) is 3. The number of carboxylic acids is 1. The number of aliphatic imine (C=N–C) groups is 1. The maximum Gasteiger partial charge on any atom is 0.416 e. The Morgan fingerprint density at radius 2 is 1.83 bits per heavy atom. The average Bonchev–Trinajstić information content (AvgIpc) is 3.02. The van der Waals surface area contributed by atoms with Crippen LogP contribution in [-0.2, 0) is 17.4 Å². The minimum atomic E-state index is -4.36. The van der Waals surface area contributed by atoms with Crippen molar-refractivity contribution in [3.05, 3.63) is 76.0 Å². The second kappa shape index (κ2) is 8.11. The van der Waals surface area contributed by atoms with E-state index in [4.69, 9.17) is 9.84 Å². The predicted octanol–water partition coefficient (Wildman–Crippen LogP) is 5.19. The molecule has 0 amide bonds. The number of carboxylic acid groups (broad SMARTS) is 1. The Hall–Kier alpha value is -3.09. The number of halogens is 3. The van der Waals surface area contributed by atoms with Crippen LogP contribution < -0.4 is 4.74 Å². The molecule has 7 heteroatoms. The summed E-state index contributed by atoms with van der Waals surface area (Å²) in [5.74, 6) is -0.343. The first-order valence-electron chi connectivity index (χ1n) is 9.01. The standard InChI is InChI=1S/C22H20F3NO3/c1-13-3-8-19(9-16(13)11-21(27)28)29-12-17-10-20(26-14(17)2)15-4-6-18(7-5-15)22(23,24)25/h3-9H,10-12H2,1-2H3,(H,27,28). The van der Waals surface area contributed by atoms with E-state index >= 15 is 0 Å². The van der Waals surface area contributed by atoms with Crippen molar-refractivity contribution in [3.8, 4) is 5.75 Å². The zero-order chi connectivity index (χ0) is 21.2. The maximum absolute atomic E-state index is 12.7. The lowest BCUT2D eigenvalue weighted by Crippen LogP contribution is -2.07. The molecule has 0 fully saturated rings. The van der Waals surface area contributed by atoms with Gasteiger partial charge in [-0.1, -0.05) is 18.2 Å². The normalized spacial score (nSPS) is 14.2. The number of alkyl halides is 3. The number of aliphatic carboxylic acids is 1. The number of ether oxygens (including phenoxy) is 1. The highest BCUT2D eigenvalue weighted by atomic mass is 19.4. The SMILES string of the molecule is CC1=C(COc2ccc(C)c(CC(=O)O)c2)CC(c2ccc(C(F)(F)F)cc2)=N1. The van der Waals surface area contributed by atoms with Gasteiger partial charge in [-0.3, -0.25) is 9.79 Å². The minimum Gasteiger partial charge on any atom is -0.489 e. The molecular formula is C22H20F3NO3. The predicted molar refractivity (Wildman–Crippen MR) is 103 cm³/mol. The topological polar surface area (TPSA) is 58.9 Å². The van der Waals surface area contributed by atoms with Crippen molar-refractivity contribution in [2.24, 2.45) is 4.99 Å². The summed E-state index contributed by atoms with van der Waals surface area (Å²) >= 11 is 0. The molecule has 29 heavy (non-hydrogen) atoms. The Morgan fingerprint density at radius 3 is 2.45 bits per heavy atom. The second-order valence-electron chi connectivity index (χ2n) is 6.95. The number of allylic oxidation sites excluding steroid dienone is 1. The van der Waals surface area contributed by atoms with Crippen molar-refractivity contribution in [2.75, 3.05) is 6.61 Å². The lowest BCUT2D eigenvalue weighted by Gasteiger charge is -2.11. The molecule has 0 aliphatic carbocycles. The summed E-state index contributed by atoms with van der Waals surface area (Å²) in [6.45, 7) is 3.95. The van der Waals surface area contributed by atoms with Crippen molar-refractivity contribution in [3.63, 3.8) is 0 Å². The lowest BCUT2D eigenvalue weighted by molar-refractivity contribution is -0.138. The molecule has 1 aliphatic heterocycles. The van der Waals surface area contributed by atoms with Crippen molar-refractivity contribution in [1.82, 2.24) is 0 Å². The van der Waals surface area contributed by atoms with E-state index in [1.54, 1.807) is 12.1 Å². The van der Waals surface area contributed by atoms with E-state index in [1.807, 2.05) is 19.9 Å². The molecule has 152 valence electrons. The molecule has 3 rings (SSSR count). The maximum atomic E-state index is 12.7. The van der Waals surface area contributed by atoms with E-state index in [2.05, 4.69) is 4.99 Å². The van der Waals surface area contributed by atoms with Crippen molar-refractivity contribution in [1.29, 1.82) is 0 Å². The molecule has 1 heterocycles. The van der Waals surface area contributed by atoms with Crippen LogP contribution in [0, 0.1) is 6.92 Å². The van der Waals surface area contributed by atoms with Crippen LogP contribution in [0.1, 0.15) is 35.6 Å². The van der Waals surface area contributed by atoms with Gasteiger partial charge in [0.2, 0.25) is 0 Å². The molecule has 0 spiro atoms. The van der Waals surface area contributed by atoms with E-state index in [0.717, 1.165) is 29.0 Å². The highest BCUT2D eigenvalue weighted by molar-refractivity contribution is 6.04. The monoisotopic (exact) mass is 403 g/mol. The first-order chi connectivity index (χ1) is 13.6. The average molecular weight is 403 g/mol. The van der Waals surface area contributed by atoms with E-state index in [1.165, 1.54) is 12.1 Å². The summed E-state index contributed by atoms with van der Waals surface area (Å²) in [5, 5.41) is 8.99. The fraction of sp³-hybridized carbons (Fsp3) is 0.273. The van der Waals surface area contributed by atoms with E-state index in [0.29, 0.717) is 29.0 Å². The summed E-state index contributed by atoms with van der Waals surface area (Å²) in [6.07, 6.45) is -3.95. The van der Waals surface area contributed by atoms with Gasteiger partial charge >= 0.3 is 12.1 Å². The van der Waals surface area contributed by atoms with Crippen LogP contribution in [0.15, 0.2) is 58.7 Å². The first kappa shape index (κ1) is 20.6. The van der Waals surface area contributed by atoms with Gasteiger partial charge in [0.15, 0.2) is 0 Å². The molecule has 2 aromatic rings. The Balaban J connectivity index is 1.64. The zero-order valence-electron chi connectivity index (χ0n) is 16.0. The quantitative estimate of drug-likeness (QED) is 0.722. The van der Waals surface area contributed by atoms with Gasteiger partial charge < -0.3 is 9.84 Å². The Kier molecular flexibility index (Phi) is 5.77. The Bertz CT molecular complexity index is 989. The molecule has 1 N–H and O–H groups in total. The van der Waals surface area contributed by atoms with Crippen LogP contribution in [0.4, 0.5) is 13.2 Å². The molecule has 1 aliphatic rings. The smallest absolute Gasteiger partial charge is 0.416 e. The van der Waals surface area contributed by atoms with Crippen LogP contribution in [0.5, 0.6) is 5.75 Å². The fourth-order valence-electron chi connectivity index (χ4n) is 3.09. The van der Waals surface area contributed by atoms with Gasteiger partial charge in [-0.05, 0) is 60.4 Å². The first-order valence-corrected chi connectivity index (χ1v) is 9.01. The summed E-state index contributed by atoms with van der Waals surface area (Å²) in [6, 6.07) is 10.3. The number of aryl methyl sites for hydroxylation is 1. The van der Waals surface area contributed by atoms with E-state index in [-0.39, 0.29) is 13.0 Å². The van der Waals surface area contributed by atoms with Crippen LogP contribution >= 0.6 is 0 Å². The second-order valence-corrected chi connectivity index (χ2v) is 6.95. The summed E-state index contributed by atoms with van der Waals surface area (Å²) < 4.78 is 44.0. The highest BCUT2D eigenvalue weighted by Gasteiger charge is 2.30. The number of nitrogens with zero attached hydrogens (tertiary/aromatic N) is 1. The molecule has 0 aromatic heterocycles. The third-order valence-corrected chi connectivity index (χ3v) is 4.82. The molecule has 4 nitrogen and oxygen atoms in total. The molecular weight excluding hydrogens is 383 g/mol. The van der Waals surface area contributed by atoms with Gasteiger partial charge in [0.25, 0.3) is 0 Å². The van der Waals surface area contributed by atoms with Gasteiger partial charge in [0, 0.05) is 12.1 Å². The van der Waals surface area contributed by atoms with Crippen LogP contribution in [0.25, 0.3) is 0 Å². The van der Waals surface area contributed by atoms with Gasteiger partial charge in [0.1, 0.15) is 12.4 Å². The van der Waals surface area contributed by atoms with Crippen LogP contribution in [0.2, 0.25) is 0 Å². The van der Waals surface area contributed by atoms with Crippen molar-refractivity contribution >= 4 is 11.7 Å². The minimum absolute atomic E-state index is 0.0774. The molecule has 0 saturated carbocycles. The number of rotatable bonds is 6. The number of hydrogen-bond donors (Lipinski definition) is 1. The van der Waals surface area contributed by atoms with Gasteiger partial charge in [0.05, 0.1) is 17.7 Å². The zero-order valence-corrected chi connectivity index (χ0v) is 16.0. The van der Waals surface area contributed by atoms with Crippen molar-refractivity contribution in [2.45, 2.75) is 32.9 Å². The third-order valence-electron chi connectivity index (χ3n) is 4.82. The molecule has 0 saturated heterocycles. The molecule has 0 unspecified atom stereocenters. The summed E-state index contributed by atoms with van der Waals surface area (Å²) in [5.41, 5.74) is 3.93. The largest absolute Gasteiger partial charge is 0.489 e. The van der Waals surface area contributed by atoms with Crippen molar-refractivity contribution < 1.29 is 27.8 Å². The summed E-state index contributed by atoms with van der Waals surface area (Å²) in [7, 11) is 0. The van der Waals surface area contributed by atoms with Gasteiger partial charge in [-0.15, -0.1) is 0 Å². The van der Waals surface area contributed by atoms with E-state index in [9.17, 15) is 18.0 Å². The Morgan fingerprint density at radius 1 is 1.14 bits per heavy atom. The lowest BCUT2D eigenvalue weighted by atomic mass is 10.0. The van der Waals surface area contributed by atoms with Crippen LogP contribution in [-0.4, -0.2) is 23.4 Å². The van der Waals surface area contributed by atoms with Gasteiger partial charge in [-0.2, -0.15) is 13.2 Å².